The molecule has 0 aromatic rings. The Kier molecular flexibility index (Phi) is 31.6. The maximum Gasteiger partial charge on any atom is 0.362 e. The lowest BCUT2D eigenvalue weighted by Crippen LogP contribution is -2.50. The van der Waals surface area contributed by atoms with Gasteiger partial charge >= 0.3 is 17.9 Å². The predicted molar refractivity (Wildman–Crippen MR) is 206 cm³/mol. The standard InChI is InChI=1S/C42H73NO7/c1-6-8-10-12-14-16-18-19-20-21-22-23-25-26-28-30-32-40(44)49-37-38(36-48-35-34-39(42(46)47)43(3,4)5)50-41(45)33-31-29-27-24-17-15-13-11-9-7-2/h8,10,14,16,19-20,22-23,38-39H,6-7,9,11-13,15,17-18,21,24-37H2,1-5H3/p+1/b10-8+,16-14+,20-19+,23-22+. The topological polar surface area (TPSA) is 99.1 Å². The van der Waals surface area contributed by atoms with E-state index in [1.54, 1.807) is 0 Å². The summed E-state index contributed by atoms with van der Waals surface area (Å²) in [5.41, 5.74) is 0. The third-order valence-corrected chi connectivity index (χ3v) is 8.49. The van der Waals surface area contributed by atoms with Gasteiger partial charge < -0.3 is 23.8 Å². The molecule has 0 radical (unpaired) electrons. The minimum Gasteiger partial charge on any atom is -0.477 e. The molecule has 0 saturated heterocycles. The lowest BCUT2D eigenvalue weighted by Gasteiger charge is -2.31. The molecule has 0 amide bonds. The number of carboxylic acid groups (broad SMARTS) is 1. The highest BCUT2D eigenvalue weighted by Crippen LogP contribution is 2.13. The Bertz CT molecular complexity index is 964. The number of rotatable bonds is 34. The molecule has 0 bridgehead atoms. The average Bonchev–Trinajstić information content (AvgIpc) is 3.06. The smallest absolute Gasteiger partial charge is 0.362 e. The van der Waals surface area contributed by atoms with Crippen LogP contribution in [0.1, 0.15) is 149 Å². The number of hydrogen-bond acceptors (Lipinski definition) is 6. The number of ether oxygens (including phenoxy) is 3. The number of quaternary nitrogens is 1. The number of carbonyl (C=O) groups is 3. The molecule has 0 aromatic carbocycles. The Morgan fingerprint density at radius 1 is 0.620 bits per heavy atom. The third kappa shape index (κ3) is 31.3. The molecular weight excluding hydrogens is 630 g/mol. The van der Waals surface area contributed by atoms with Gasteiger partial charge in [-0.1, -0.05) is 127 Å². The zero-order valence-electron chi connectivity index (χ0n) is 32.6. The summed E-state index contributed by atoms with van der Waals surface area (Å²) in [5.74, 6) is -1.51. The van der Waals surface area contributed by atoms with Gasteiger partial charge in [0.05, 0.1) is 34.4 Å². The predicted octanol–water partition coefficient (Wildman–Crippen LogP) is 10.1. The molecule has 1 N–H and O–H groups in total. The number of hydrogen-bond donors (Lipinski definition) is 1. The first-order valence-corrected chi connectivity index (χ1v) is 19.7. The van der Waals surface area contributed by atoms with Gasteiger partial charge in [-0.15, -0.1) is 0 Å². The first-order valence-electron chi connectivity index (χ1n) is 19.7. The second kappa shape index (κ2) is 33.4. The van der Waals surface area contributed by atoms with E-state index in [2.05, 4.69) is 62.5 Å². The molecule has 0 heterocycles. The molecule has 0 aliphatic heterocycles. The van der Waals surface area contributed by atoms with E-state index >= 15 is 0 Å². The Hall–Kier alpha value is -2.71. The number of carbonyl (C=O) groups excluding carboxylic acids is 2. The fraction of sp³-hybridized carbons (Fsp3) is 0.738. The van der Waals surface area contributed by atoms with Crippen LogP contribution < -0.4 is 0 Å². The highest BCUT2D eigenvalue weighted by molar-refractivity contribution is 5.72. The van der Waals surface area contributed by atoms with Crippen LogP contribution in [0.15, 0.2) is 48.6 Å². The molecule has 0 rings (SSSR count). The highest BCUT2D eigenvalue weighted by Gasteiger charge is 2.31. The molecule has 0 fully saturated rings. The van der Waals surface area contributed by atoms with E-state index in [-0.39, 0.29) is 36.2 Å². The van der Waals surface area contributed by atoms with Gasteiger partial charge in [0.15, 0.2) is 12.1 Å². The zero-order valence-corrected chi connectivity index (χ0v) is 32.6. The van der Waals surface area contributed by atoms with Gasteiger partial charge in [-0.05, 0) is 51.4 Å². The summed E-state index contributed by atoms with van der Waals surface area (Å²) >= 11 is 0. The molecule has 2 unspecified atom stereocenters. The summed E-state index contributed by atoms with van der Waals surface area (Å²) in [6.45, 7) is 4.56. The van der Waals surface area contributed by atoms with Crippen molar-refractivity contribution in [1.82, 2.24) is 0 Å². The minimum atomic E-state index is -0.882. The highest BCUT2D eigenvalue weighted by atomic mass is 16.6. The van der Waals surface area contributed by atoms with E-state index in [4.69, 9.17) is 14.2 Å². The van der Waals surface area contributed by atoms with Gasteiger partial charge in [0.1, 0.15) is 6.61 Å². The first-order chi connectivity index (χ1) is 24.1. The molecule has 50 heavy (non-hydrogen) atoms. The minimum absolute atomic E-state index is 0.0510. The lowest BCUT2D eigenvalue weighted by molar-refractivity contribution is -0.887. The van der Waals surface area contributed by atoms with Gasteiger partial charge in [0, 0.05) is 19.3 Å². The van der Waals surface area contributed by atoms with Gasteiger partial charge in [0.25, 0.3) is 0 Å². The molecule has 8 heteroatoms. The number of nitrogens with zero attached hydrogens (tertiary/aromatic N) is 1. The molecule has 0 spiro atoms. The maximum atomic E-state index is 12.6. The van der Waals surface area contributed by atoms with Crippen molar-refractivity contribution in [3.63, 3.8) is 0 Å². The Morgan fingerprint density at radius 3 is 1.66 bits per heavy atom. The molecule has 0 aliphatic carbocycles. The lowest BCUT2D eigenvalue weighted by atomic mass is 10.1. The van der Waals surface area contributed by atoms with Crippen molar-refractivity contribution in [2.75, 3.05) is 41.0 Å². The van der Waals surface area contributed by atoms with Gasteiger partial charge in [0.2, 0.25) is 0 Å². The van der Waals surface area contributed by atoms with Crippen molar-refractivity contribution in [1.29, 1.82) is 0 Å². The van der Waals surface area contributed by atoms with E-state index in [0.717, 1.165) is 70.6 Å². The van der Waals surface area contributed by atoms with E-state index in [1.165, 1.54) is 44.9 Å². The quantitative estimate of drug-likeness (QED) is 0.0308. The van der Waals surface area contributed by atoms with Crippen molar-refractivity contribution in [2.24, 2.45) is 0 Å². The van der Waals surface area contributed by atoms with E-state index in [1.807, 2.05) is 21.1 Å². The average molecular weight is 705 g/mol. The van der Waals surface area contributed by atoms with Gasteiger partial charge in [-0.25, -0.2) is 4.79 Å². The monoisotopic (exact) mass is 705 g/mol. The fourth-order valence-corrected chi connectivity index (χ4v) is 5.43. The summed E-state index contributed by atoms with van der Waals surface area (Å²) in [7, 11) is 5.50. The van der Waals surface area contributed by atoms with Crippen LogP contribution in [-0.2, 0) is 28.6 Å². The Balaban J connectivity index is 4.44. The van der Waals surface area contributed by atoms with Crippen LogP contribution in [0.3, 0.4) is 0 Å². The number of likely N-dealkylation sites (N-methyl/N-ethyl adjacent to an activating group) is 1. The number of allylic oxidation sites excluding steroid dienone is 8. The molecule has 8 nitrogen and oxygen atoms in total. The summed E-state index contributed by atoms with van der Waals surface area (Å²) < 4.78 is 17.2. The molecule has 2 atom stereocenters. The Morgan fingerprint density at radius 2 is 1.12 bits per heavy atom. The van der Waals surface area contributed by atoms with Crippen LogP contribution >= 0.6 is 0 Å². The molecular formula is C42H74NO7+. The summed E-state index contributed by atoms with van der Waals surface area (Å²) in [6, 6.07) is -0.618. The van der Waals surface area contributed by atoms with Crippen molar-refractivity contribution in [3.05, 3.63) is 48.6 Å². The van der Waals surface area contributed by atoms with Crippen LogP contribution in [0, 0.1) is 0 Å². The number of unbranched alkanes of at least 4 members (excludes halogenated alkanes) is 12. The third-order valence-electron chi connectivity index (χ3n) is 8.49. The summed E-state index contributed by atoms with van der Waals surface area (Å²) in [5, 5.41) is 9.58. The molecule has 288 valence electrons. The summed E-state index contributed by atoms with van der Waals surface area (Å²) in [6.07, 6.45) is 37.2. The zero-order chi connectivity index (χ0) is 37.1. The molecule has 0 saturated carbocycles. The Labute approximate surface area is 306 Å². The van der Waals surface area contributed by atoms with Crippen LogP contribution in [0.4, 0.5) is 0 Å². The second-order valence-electron chi connectivity index (χ2n) is 14.2. The van der Waals surface area contributed by atoms with Crippen molar-refractivity contribution in [3.8, 4) is 0 Å². The van der Waals surface area contributed by atoms with Gasteiger partial charge in [-0.2, -0.15) is 0 Å². The first kappa shape index (κ1) is 47.3. The van der Waals surface area contributed by atoms with Crippen LogP contribution in [0.2, 0.25) is 0 Å². The number of aliphatic carboxylic acids is 1. The normalized spacial score (nSPS) is 13.5. The van der Waals surface area contributed by atoms with E-state index in [9.17, 15) is 19.5 Å². The van der Waals surface area contributed by atoms with E-state index < -0.39 is 18.1 Å². The summed E-state index contributed by atoms with van der Waals surface area (Å²) in [4.78, 5) is 36.8. The van der Waals surface area contributed by atoms with Crippen molar-refractivity contribution < 1.29 is 38.2 Å². The van der Waals surface area contributed by atoms with Crippen LogP contribution in [0.5, 0.6) is 0 Å². The second-order valence-corrected chi connectivity index (χ2v) is 14.2. The maximum absolute atomic E-state index is 12.6. The molecule has 0 aromatic heterocycles. The van der Waals surface area contributed by atoms with E-state index in [0.29, 0.717) is 19.3 Å². The SMILES string of the molecule is CC/C=C/C/C=C/C/C=C/C/C=C/CCCCCC(=O)OCC(COCCC(C(=O)O)[N+](C)(C)C)OC(=O)CCCCCCCCCCCC. The largest absolute Gasteiger partial charge is 0.477 e. The van der Waals surface area contributed by atoms with Crippen molar-refractivity contribution in [2.45, 2.75) is 161 Å². The fourth-order valence-electron chi connectivity index (χ4n) is 5.43. The van der Waals surface area contributed by atoms with Crippen LogP contribution in [-0.4, -0.2) is 80.6 Å². The molecule has 0 aliphatic rings. The number of carboxylic acids is 1. The van der Waals surface area contributed by atoms with Gasteiger partial charge in [-0.3, -0.25) is 9.59 Å². The number of esters is 2. The van der Waals surface area contributed by atoms with Crippen molar-refractivity contribution >= 4 is 17.9 Å². The van der Waals surface area contributed by atoms with Crippen LogP contribution in [0.25, 0.3) is 0 Å².